The largest absolute Gasteiger partial charge is 0.396 e. The molecule has 11 atom stereocenters. The van der Waals surface area contributed by atoms with E-state index in [4.69, 9.17) is 0 Å². The molecule has 0 bridgehead atoms. The fraction of sp³-hybridized carbons (Fsp3) is 0.933. The molecule has 0 spiro atoms. The topological polar surface area (TPSA) is 101 Å². The number of fused-ring (bicyclic) bond motifs is 7. The van der Waals surface area contributed by atoms with Gasteiger partial charge in [0.25, 0.3) is 0 Å². The molecule has 0 saturated heterocycles. The van der Waals surface area contributed by atoms with Crippen LogP contribution in [0.25, 0.3) is 0 Å². The van der Waals surface area contributed by atoms with Gasteiger partial charge in [0.15, 0.2) is 0 Å². The highest BCUT2D eigenvalue weighted by atomic mass is 16.3. The molecule has 0 aromatic carbocycles. The summed E-state index contributed by atoms with van der Waals surface area (Å²) >= 11 is 0. The van der Waals surface area contributed by atoms with Crippen molar-refractivity contribution in [2.45, 2.75) is 118 Å². The van der Waals surface area contributed by atoms with Crippen LogP contribution < -0.4 is 0 Å². The molecule has 0 amide bonds. The Kier molecular flexibility index (Phi) is 5.65. The summed E-state index contributed by atoms with van der Waals surface area (Å²) in [5.74, 6) is 0.754. The third-order valence-corrected chi connectivity index (χ3v) is 13.4. The first-order chi connectivity index (χ1) is 16.0. The standard InChI is InChI=1S/C30H50O5/c1-25(2)14-18-17-8-9-20-27(5)12-11-21(32)26(3,4)19(27)10-13-28(20,6)29(17,7)15-22(33)30(18,16-31)24(35)23(25)34/h8,18-24,31-35H,9-16H2,1-7H3/t18-,19-,20+,21-,22-,23-,24-,27-,28+,29+,30-/m0/s1. The van der Waals surface area contributed by atoms with Crippen LogP contribution in [0.3, 0.4) is 0 Å². The predicted octanol–water partition coefficient (Wildman–Crippen LogP) is 4.05. The number of allylic oxidation sites excluding steroid dienone is 2. The van der Waals surface area contributed by atoms with Gasteiger partial charge in [-0.05, 0) is 89.8 Å². The molecule has 0 aromatic rings. The number of aliphatic hydroxyl groups excluding tert-OH is 5. The van der Waals surface area contributed by atoms with Crippen LogP contribution >= 0.6 is 0 Å². The highest BCUT2D eigenvalue weighted by Crippen LogP contribution is 2.75. The minimum atomic E-state index is -1.17. The van der Waals surface area contributed by atoms with Gasteiger partial charge >= 0.3 is 0 Å². The van der Waals surface area contributed by atoms with E-state index < -0.39 is 29.1 Å². The van der Waals surface area contributed by atoms with Crippen molar-refractivity contribution in [1.29, 1.82) is 0 Å². The molecule has 0 radical (unpaired) electrons. The highest BCUT2D eigenvalue weighted by Gasteiger charge is 2.72. The first-order valence-electron chi connectivity index (χ1n) is 14.1. The Labute approximate surface area is 212 Å². The quantitative estimate of drug-likeness (QED) is 0.357. The summed E-state index contributed by atoms with van der Waals surface area (Å²) in [7, 11) is 0. The lowest BCUT2D eigenvalue weighted by molar-refractivity contribution is -0.257. The Balaban J connectivity index is 1.63. The summed E-state index contributed by atoms with van der Waals surface area (Å²) in [6.45, 7) is 15.4. The van der Waals surface area contributed by atoms with Crippen molar-refractivity contribution in [1.82, 2.24) is 0 Å². The molecule has 0 heterocycles. The van der Waals surface area contributed by atoms with Gasteiger partial charge in [-0.3, -0.25) is 0 Å². The zero-order valence-electron chi connectivity index (χ0n) is 23.0. The smallest absolute Gasteiger partial charge is 0.0913 e. The molecule has 5 rings (SSSR count). The van der Waals surface area contributed by atoms with Crippen LogP contribution in [-0.4, -0.2) is 56.6 Å². The number of hydrogen-bond donors (Lipinski definition) is 5. The zero-order chi connectivity index (χ0) is 26.0. The summed E-state index contributed by atoms with van der Waals surface area (Å²) in [5.41, 5.74) is -0.580. The van der Waals surface area contributed by atoms with Crippen LogP contribution in [0.5, 0.6) is 0 Å². The summed E-state index contributed by atoms with van der Waals surface area (Å²) in [4.78, 5) is 0. The number of hydrogen-bond acceptors (Lipinski definition) is 5. The molecule has 5 aliphatic carbocycles. The summed E-state index contributed by atoms with van der Waals surface area (Å²) in [6, 6.07) is 0. The second kappa shape index (κ2) is 7.56. The van der Waals surface area contributed by atoms with Crippen LogP contribution in [0.15, 0.2) is 11.6 Å². The third-order valence-electron chi connectivity index (χ3n) is 13.4. The molecule has 4 fully saturated rings. The Morgan fingerprint density at radius 1 is 0.800 bits per heavy atom. The van der Waals surface area contributed by atoms with E-state index in [-0.39, 0.29) is 40.3 Å². The van der Waals surface area contributed by atoms with Crippen molar-refractivity contribution in [2.24, 2.45) is 50.2 Å². The molecule has 5 nitrogen and oxygen atoms in total. The second-order valence-corrected chi connectivity index (χ2v) is 15.3. The molecule has 4 saturated carbocycles. The Hall–Kier alpha value is -0.460. The highest BCUT2D eigenvalue weighted by molar-refractivity contribution is 5.36. The first kappa shape index (κ1) is 26.2. The molecule has 0 aromatic heterocycles. The summed E-state index contributed by atoms with van der Waals surface area (Å²) in [6.07, 6.45) is 5.25. The van der Waals surface area contributed by atoms with Gasteiger partial charge in [0.05, 0.1) is 36.4 Å². The van der Waals surface area contributed by atoms with Gasteiger partial charge in [-0.1, -0.05) is 60.1 Å². The monoisotopic (exact) mass is 490 g/mol. The van der Waals surface area contributed by atoms with Crippen LogP contribution in [0.2, 0.25) is 0 Å². The minimum absolute atomic E-state index is 0.0194. The van der Waals surface area contributed by atoms with E-state index in [1.807, 2.05) is 13.8 Å². The molecular formula is C30H50O5. The van der Waals surface area contributed by atoms with Crippen molar-refractivity contribution in [3.05, 3.63) is 11.6 Å². The molecule has 5 aliphatic rings. The predicted molar refractivity (Wildman–Crippen MR) is 136 cm³/mol. The molecule has 0 aliphatic heterocycles. The van der Waals surface area contributed by atoms with E-state index in [0.29, 0.717) is 24.7 Å². The maximum Gasteiger partial charge on any atom is 0.0913 e. The Bertz CT molecular complexity index is 910. The van der Waals surface area contributed by atoms with Crippen molar-refractivity contribution >= 4 is 0 Å². The fourth-order valence-corrected chi connectivity index (χ4v) is 10.9. The molecule has 0 unspecified atom stereocenters. The van der Waals surface area contributed by atoms with Crippen molar-refractivity contribution in [3.8, 4) is 0 Å². The maximum absolute atomic E-state index is 11.7. The molecule has 5 N–H and O–H groups in total. The van der Waals surface area contributed by atoms with E-state index >= 15 is 0 Å². The van der Waals surface area contributed by atoms with Crippen LogP contribution in [0.1, 0.15) is 93.4 Å². The zero-order valence-corrected chi connectivity index (χ0v) is 23.0. The second-order valence-electron chi connectivity index (χ2n) is 15.3. The van der Waals surface area contributed by atoms with Gasteiger partial charge in [0, 0.05) is 0 Å². The van der Waals surface area contributed by atoms with Crippen LogP contribution in [-0.2, 0) is 0 Å². The first-order valence-corrected chi connectivity index (χ1v) is 14.1. The number of aliphatic hydroxyl groups is 5. The van der Waals surface area contributed by atoms with Crippen LogP contribution in [0, 0.1) is 50.2 Å². The summed E-state index contributed by atoms with van der Waals surface area (Å²) in [5, 5.41) is 55.6. The van der Waals surface area contributed by atoms with E-state index in [1.54, 1.807) is 0 Å². The molecule has 35 heavy (non-hydrogen) atoms. The maximum atomic E-state index is 11.7. The van der Waals surface area contributed by atoms with Crippen molar-refractivity contribution < 1.29 is 25.5 Å². The molecule has 5 heteroatoms. The third kappa shape index (κ3) is 2.94. The molecular weight excluding hydrogens is 440 g/mol. The van der Waals surface area contributed by atoms with Gasteiger partial charge in [-0.15, -0.1) is 0 Å². The average Bonchev–Trinajstić information content (AvgIpc) is 2.76. The van der Waals surface area contributed by atoms with E-state index in [2.05, 4.69) is 40.7 Å². The lowest BCUT2D eigenvalue weighted by Crippen LogP contribution is -2.71. The van der Waals surface area contributed by atoms with Gasteiger partial charge in [0.2, 0.25) is 0 Å². The lowest BCUT2D eigenvalue weighted by Gasteiger charge is -2.72. The van der Waals surface area contributed by atoms with E-state index in [1.165, 1.54) is 5.57 Å². The van der Waals surface area contributed by atoms with Gasteiger partial charge in [0.1, 0.15) is 0 Å². The fourth-order valence-electron chi connectivity index (χ4n) is 10.9. The Morgan fingerprint density at radius 2 is 1.46 bits per heavy atom. The van der Waals surface area contributed by atoms with Gasteiger partial charge in [-0.25, -0.2) is 0 Å². The van der Waals surface area contributed by atoms with E-state index in [0.717, 1.165) is 32.1 Å². The van der Waals surface area contributed by atoms with Gasteiger partial charge < -0.3 is 25.5 Å². The van der Waals surface area contributed by atoms with Crippen molar-refractivity contribution in [2.75, 3.05) is 6.61 Å². The lowest BCUT2D eigenvalue weighted by atomic mass is 9.33. The van der Waals surface area contributed by atoms with E-state index in [9.17, 15) is 25.5 Å². The summed E-state index contributed by atoms with van der Waals surface area (Å²) < 4.78 is 0. The van der Waals surface area contributed by atoms with Gasteiger partial charge in [-0.2, -0.15) is 0 Å². The minimum Gasteiger partial charge on any atom is -0.396 e. The average molecular weight is 491 g/mol. The molecule has 200 valence electrons. The normalized spacial score (nSPS) is 56.7. The SMILES string of the molecule is CC1(C)C[C@H]2C3=CC[C@@H]4[C@@]5(C)CC[C@H](O)C(C)(C)[C@@H]5CC[C@@]4(C)[C@]3(C)C[C@H](O)[C@@]2(CO)[C@@H](O)[C@@H]1O. The number of rotatable bonds is 1. The Morgan fingerprint density at radius 3 is 2.09 bits per heavy atom. The van der Waals surface area contributed by atoms with Crippen molar-refractivity contribution in [3.63, 3.8) is 0 Å². The van der Waals surface area contributed by atoms with Crippen LogP contribution in [0.4, 0.5) is 0 Å².